The first-order valence-electron chi connectivity index (χ1n) is 19.8. The van der Waals surface area contributed by atoms with Crippen LogP contribution in [0.1, 0.15) is 149 Å². The molecular weight excluding hydrogens is 667 g/mol. The number of aliphatic hydroxyl groups excluding tert-OH is 2. The summed E-state index contributed by atoms with van der Waals surface area (Å²) in [5.41, 5.74) is 0. The Kier molecular flexibility index (Phi) is 36.5. The minimum Gasteiger partial charge on any atom is -0.457 e. The molecule has 0 saturated heterocycles. The first kappa shape index (κ1) is 49.2. The zero-order valence-electron chi connectivity index (χ0n) is 32.1. The molecule has 0 aliphatic heterocycles. The van der Waals surface area contributed by atoms with E-state index in [4.69, 9.17) is 23.6 Å². The maximum Gasteiger partial charge on any atom is 0.472 e. The minimum atomic E-state index is -4.53. The second-order valence-corrected chi connectivity index (χ2v) is 14.4. The number of phosphoric acid groups is 1. The average molecular weight is 741 g/mol. The molecular formula is C41H73O9P. The summed E-state index contributed by atoms with van der Waals surface area (Å²) in [5.74, 6) is -0.466. The zero-order chi connectivity index (χ0) is 37.5. The molecule has 0 aromatic carbocycles. The molecule has 0 aromatic heterocycles. The molecule has 3 unspecified atom stereocenters. The van der Waals surface area contributed by atoms with E-state index in [0.29, 0.717) is 13.0 Å². The van der Waals surface area contributed by atoms with Crippen molar-refractivity contribution in [2.75, 3.05) is 33.0 Å². The van der Waals surface area contributed by atoms with E-state index in [-0.39, 0.29) is 13.0 Å². The number of carbonyl (C=O) groups excluding carboxylic acids is 1. The molecule has 0 rings (SSSR count). The Morgan fingerprint density at radius 3 is 1.69 bits per heavy atom. The van der Waals surface area contributed by atoms with Crippen molar-refractivity contribution in [3.8, 4) is 0 Å². The maximum absolute atomic E-state index is 12.5. The molecule has 3 atom stereocenters. The highest BCUT2D eigenvalue weighted by Crippen LogP contribution is 2.43. The fraction of sp³-hybridized carbons (Fsp3) is 0.732. The van der Waals surface area contributed by atoms with Gasteiger partial charge in [0.25, 0.3) is 0 Å². The molecule has 0 heterocycles. The summed E-state index contributed by atoms with van der Waals surface area (Å²) in [6.45, 7) is 3.27. The van der Waals surface area contributed by atoms with Crippen LogP contribution in [0, 0.1) is 0 Å². The number of phosphoric ester groups is 1. The van der Waals surface area contributed by atoms with Gasteiger partial charge in [-0.25, -0.2) is 4.57 Å². The van der Waals surface area contributed by atoms with E-state index >= 15 is 0 Å². The Hall–Kier alpha value is -1.84. The summed E-state index contributed by atoms with van der Waals surface area (Å²) in [4.78, 5) is 22.4. The molecule has 9 nitrogen and oxygen atoms in total. The monoisotopic (exact) mass is 740 g/mol. The number of rotatable bonds is 37. The van der Waals surface area contributed by atoms with Crippen LogP contribution in [0.3, 0.4) is 0 Å². The van der Waals surface area contributed by atoms with Crippen LogP contribution in [0.15, 0.2) is 60.8 Å². The first-order valence-corrected chi connectivity index (χ1v) is 21.3. The van der Waals surface area contributed by atoms with Crippen LogP contribution in [0.4, 0.5) is 0 Å². The Labute approximate surface area is 310 Å². The third-order valence-corrected chi connectivity index (χ3v) is 8.90. The van der Waals surface area contributed by atoms with E-state index in [1.165, 1.54) is 70.6 Å². The van der Waals surface area contributed by atoms with E-state index in [2.05, 4.69) is 62.5 Å². The topological polar surface area (TPSA) is 132 Å². The molecule has 0 aliphatic rings. The van der Waals surface area contributed by atoms with Gasteiger partial charge in [-0.15, -0.1) is 0 Å². The smallest absolute Gasteiger partial charge is 0.457 e. The maximum atomic E-state index is 12.5. The van der Waals surface area contributed by atoms with Gasteiger partial charge in [0.2, 0.25) is 0 Å². The van der Waals surface area contributed by atoms with Gasteiger partial charge in [-0.2, -0.15) is 0 Å². The number of hydrogen-bond donors (Lipinski definition) is 3. The van der Waals surface area contributed by atoms with Crippen LogP contribution in [-0.4, -0.2) is 66.3 Å². The van der Waals surface area contributed by atoms with Gasteiger partial charge in [0, 0.05) is 13.0 Å². The molecule has 0 aromatic rings. The van der Waals surface area contributed by atoms with Crippen molar-refractivity contribution in [1.82, 2.24) is 0 Å². The highest BCUT2D eigenvalue weighted by Gasteiger charge is 2.26. The average Bonchev–Trinajstić information content (AvgIpc) is 3.12. The van der Waals surface area contributed by atoms with Crippen LogP contribution >= 0.6 is 7.82 Å². The third kappa shape index (κ3) is 37.7. The quantitative estimate of drug-likeness (QED) is 0.0246. The number of esters is 1. The summed E-state index contributed by atoms with van der Waals surface area (Å²) in [6, 6.07) is 0. The molecule has 3 N–H and O–H groups in total. The summed E-state index contributed by atoms with van der Waals surface area (Å²) in [5, 5.41) is 18.3. The van der Waals surface area contributed by atoms with Crippen molar-refractivity contribution in [2.45, 2.75) is 161 Å². The standard InChI is InChI=1S/C41H73O9P/c1-3-5-7-9-11-13-15-17-18-19-20-22-24-26-28-30-32-34-47-37-40(38-49-51(45,46)48-36-39(43)35-42)50-41(44)33-31-29-27-25-23-21-16-14-12-10-8-6-4-2/h6,8,12,14,18-19,21,23,27,29,39-40,42-43H,3-5,7,9-11,13,15-17,20,22,24-26,28,30-38H2,1-2H3,(H,45,46)/b8-6-,14-12-,19-18-,23-21-,29-27-. The fourth-order valence-corrected chi connectivity index (χ4v) is 5.74. The van der Waals surface area contributed by atoms with E-state index in [0.717, 1.165) is 51.4 Å². The lowest BCUT2D eigenvalue weighted by Gasteiger charge is -2.20. The van der Waals surface area contributed by atoms with Gasteiger partial charge in [0.15, 0.2) is 0 Å². The Morgan fingerprint density at radius 2 is 1.12 bits per heavy atom. The van der Waals surface area contributed by atoms with Crippen molar-refractivity contribution >= 4 is 13.8 Å². The molecule has 51 heavy (non-hydrogen) atoms. The Balaban J connectivity index is 4.31. The van der Waals surface area contributed by atoms with Crippen LogP contribution < -0.4 is 0 Å². The predicted molar refractivity (Wildman–Crippen MR) is 210 cm³/mol. The lowest BCUT2D eigenvalue weighted by Crippen LogP contribution is -2.29. The molecule has 0 fully saturated rings. The second-order valence-electron chi connectivity index (χ2n) is 12.9. The normalized spacial score (nSPS) is 14.8. The lowest BCUT2D eigenvalue weighted by molar-refractivity contribution is -0.154. The zero-order valence-corrected chi connectivity index (χ0v) is 32.9. The van der Waals surface area contributed by atoms with Gasteiger partial charge in [-0.3, -0.25) is 13.8 Å². The summed E-state index contributed by atoms with van der Waals surface area (Å²) < 4.78 is 33.2. The van der Waals surface area contributed by atoms with E-state index in [1.54, 1.807) is 0 Å². The van der Waals surface area contributed by atoms with Crippen LogP contribution in [0.2, 0.25) is 0 Å². The SMILES string of the molecule is CC/C=C\C/C=C\C/C=C\C/C=C\CCC(=O)OC(COCCCCCCCC/C=C\CCCCCCCCC)COP(=O)(O)OCC(O)CO. The van der Waals surface area contributed by atoms with Crippen LogP contribution in [-0.2, 0) is 27.9 Å². The van der Waals surface area contributed by atoms with Crippen LogP contribution in [0.25, 0.3) is 0 Å². The van der Waals surface area contributed by atoms with Gasteiger partial charge in [-0.05, 0) is 64.2 Å². The van der Waals surface area contributed by atoms with Crippen molar-refractivity contribution in [3.63, 3.8) is 0 Å². The minimum absolute atomic E-state index is 0.0141. The van der Waals surface area contributed by atoms with Crippen molar-refractivity contribution in [3.05, 3.63) is 60.8 Å². The van der Waals surface area contributed by atoms with Gasteiger partial charge in [-0.1, -0.05) is 139 Å². The molecule has 296 valence electrons. The molecule has 10 heteroatoms. The van der Waals surface area contributed by atoms with Gasteiger partial charge in [0.05, 0.1) is 26.4 Å². The van der Waals surface area contributed by atoms with Crippen molar-refractivity contribution < 1.29 is 43.0 Å². The number of ether oxygens (including phenoxy) is 2. The molecule has 0 spiro atoms. The highest BCUT2D eigenvalue weighted by atomic mass is 31.2. The van der Waals surface area contributed by atoms with E-state index < -0.39 is 45.8 Å². The van der Waals surface area contributed by atoms with Crippen LogP contribution in [0.5, 0.6) is 0 Å². The number of hydrogen-bond acceptors (Lipinski definition) is 8. The van der Waals surface area contributed by atoms with Crippen molar-refractivity contribution in [2.24, 2.45) is 0 Å². The van der Waals surface area contributed by atoms with E-state index in [9.17, 15) is 19.4 Å². The first-order chi connectivity index (χ1) is 24.8. The van der Waals surface area contributed by atoms with E-state index in [1.807, 2.05) is 12.2 Å². The molecule has 0 saturated carbocycles. The summed E-state index contributed by atoms with van der Waals surface area (Å²) in [7, 11) is -4.53. The Bertz CT molecular complexity index is 976. The number of allylic oxidation sites excluding steroid dienone is 10. The third-order valence-electron chi connectivity index (χ3n) is 7.95. The largest absolute Gasteiger partial charge is 0.472 e. The van der Waals surface area contributed by atoms with Gasteiger partial charge < -0.3 is 24.6 Å². The van der Waals surface area contributed by atoms with Gasteiger partial charge in [0.1, 0.15) is 12.2 Å². The summed E-state index contributed by atoms with van der Waals surface area (Å²) >= 11 is 0. The lowest BCUT2D eigenvalue weighted by atomic mass is 10.1. The predicted octanol–water partition coefficient (Wildman–Crippen LogP) is 10.4. The Morgan fingerprint density at radius 1 is 0.627 bits per heavy atom. The molecule has 0 amide bonds. The molecule has 0 radical (unpaired) electrons. The fourth-order valence-electron chi connectivity index (χ4n) is 4.95. The number of unbranched alkanes of at least 4 members (excludes halogenated alkanes) is 13. The molecule has 0 aliphatic carbocycles. The second kappa shape index (κ2) is 37.9. The van der Waals surface area contributed by atoms with Crippen molar-refractivity contribution in [1.29, 1.82) is 0 Å². The summed E-state index contributed by atoms with van der Waals surface area (Å²) in [6.07, 6.45) is 42.0. The molecule has 0 bridgehead atoms. The number of aliphatic hydroxyl groups is 2. The van der Waals surface area contributed by atoms with Gasteiger partial charge >= 0.3 is 13.8 Å². The number of carbonyl (C=O) groups is 1. The highest BCUT2D eigenvalue weighted by molar-refractivity contribution is 7.47.